The Morgan fingerprint density at radius 3 is 2.44 bits per heavy atom. The van der Waals surface area contributed by atoms with Crippen molar-refractivity contribution in [1.82, 2.24) is 0 Å². The summed E-state index contributed by atoms with van der Waals surface area (Å²) in [4.78, 5) is 0. The Hall–Kier alpha value is -1.26. The highest BCUT2D eigenvalue weighted by Crippen LogP contribution is 2.36. The topological polar surface area (TPSA) is 75.7 Å². The van der Waals surface area contributed by atoms with Crippen molar-refractivity contribution in [2.45, 2.75) is 25.8 Å². The van der Waals surface area contributed by atoms with Crippen LogP contribution < -0.4 is 10.5 Å². The van der Waals surface area contributed by atoms with Crippen LogP contribution in [-0.2, 0) is 0 Å². The molecule has 0 aliphatic heterocycles. The lowest BCUT2D eigenvalue weighted by Gasteiger charge is -2.17. The van der Waals surface area contributed by atoms with Crippen molar-refractivity contribution >= 4 is 0 Å². The molecule has 1 rings (SSSR count). The molecular formula is C12H19NO3. The van der Waals surface area contributed by atoms with Crippen molar-refractivity contribution in [2.24, 2.45) is 5.73 Å². The van der Waals surface area contributed by atoms with Gasteiger partial charge >= 0.3 is 0 Å². The largest absolute Gasteiger partial charge is 0.504 e. The number of methoxy groups -OCH3 is 1. The minimum Gasteiger partial charge on any atom is -0.504 e. The quantitative estimate of drug-likeness (QED) is 0.726. The molecule has 16 heavy (non-hydrogen) atoms. The summed E-state index contributed by atoms with van der Waals surface area (Å²) in [7, 11) is 1.49. The number of phenolic OH excluding ortho intramolecular Hbond substituents is 1. The molecule has 0 spiro atoms. The summed E-state index contributed by atoms with van der Waals surface area (Å²) in [5.41, 5.74) is 7.26. The van der Waals surface area contributed by atoms with Crippen molar-refractivity contribution < 1.29 is 14.9 Å². The maximum absolute atomic E-state index is 9.88. The zero-order chi connectivity index (χ0) is 12.3. The van der Waals surface area contributed by atoms with Gasteiger partial charge in [0.05, 0.1) is 19.8 Å². The molecule has 1 aromatic rings. The zero-order valence-electron chi connectivity index (χ0n) is 9.90. The minimum absolute atomic E-state index is 0.00782. The van der Waals surface area contributed by atoms with Crippen LogP contribution in [-0.4, -0.2) is 23.9 Å². The van der Waals surface area contributed by atoms with E-state index >= 15 is 0 Å². The molecule has 0 bridgehead atoms. The van der Waals surface area contributed by atoms with Crippen LogP contribution >= 0.6 is 0 Å². The molecule has 4 nitrogen and oxygen atoms in total. The van der Waals surface area contributed by atoms with E-state index in [9.17, 15) is 5.11 Å². The molecule has 0 heterocycles. The molecular weight excluding hydrogens is 206 g/mol. The van der Waals surface area contributed by atoms with Gasteiger partial charge in [0, 0.05) is 5.56 Å². The highest BCUT2D eigenvalue weighted by Gasteiger charge is 2.16. The number of phenols is 1. The highest BCUT2D eigenvalue weighted by molar-refractivity contribution is 5.50. The molecule has 1 aromatic carbocycles. The number of hydrogen-bond acceptors (Lipinski definition) is 4. The van der Waals surface area contributed by atoms with Gasteiger partial charge in [-0.15, -0.1) is 0 Å². The first-order chi connectivity index (χ1) is 7.51. The fraction of sp³-hybridized carbons (Fsp3) is 0.500. The SMILES string of the molecule is COc1cc(C(C)C)cc([C@@H](N)CO)c1O. The van der Waals surface area contributed by atoms with E-state index in [1.165, 1.54) is 7.11 Å². The second-order valence-electron chi connectivity index (χ2n) is 4.10. The monoisotopic (exact) mass is 225 g/mol. The van der Waals surface area contributed by atoms with Crippen LogP contribution in [0.2, 0.25) is 0 Å². The Balaban J connectivity index is 3.29. The second kappa shape index (κ2) is 5.18. The summed E-state index contributed by atoms with van der Waals surface area (Å²) in [6, 6.07) is 3.00. The van der Waals surface area contributed by atoms with E-state index in [4.69, 9.17) is 15.6 Å². The lowest BCUT2D eigenvalue weighted by atomic mass is 9.96. The van der Waals surface area contributed by atoms with Gasteiger partial charge < -0.3 is 20.7 Å². The maximum Gasteiger partial charge on any atom is 0.162 e. The van der Waals surface area contributed by atoms with E-state index < -0.39 is 6.04 Å². The van der Waals surface area contributed by atoms with Crippen molar-refractivity contribution in [3.05, 3.63) is 23.3 Å². The predicted octanol–water partition coefficient (Wildman–Crippen LogP) is 1.52. The van der Waals surface area contributed by atoms with Gasteiger partial charge in [0.2, 0.25) is 0 Å². The number of nitrogens with two attached hydrogens (primary N) is 1. The number of benzene rings is 1. The van der Waals surface area contributed by atoms with E-state index in [-0.39, 0.29) is 12.4 Å². The van der Waals surface area contributed by atoms with E-state index in [1.54, 1.807) is 6.07 Å². The van der Waals surface area contributed by atoms with Gasteiger partial charge in [0.1, 0.15) is 0 Å². The van der Waals surface area contributed by atoms with Crippen LogP contribution in [0.15, 0.2) is 12.1 Å². The first-order valence-electron chi connectivity index (χ1n) is 5.28. The number of rotatable bonds is 4. The lowest BCUT2D eigenvalue weighted by molar-refractivity contribution is 0.264. The van der Waals surface area contributed by atoms with Gasteiger partial charge in [-0.25, -0.2) is 0 Å². The highest BCUT2D eigenvalue weighted by atomic mass is 16.5. The second-order valence-corrected chi connectivity index (χ2v) is 4.10. The van der Waals surface area contributed by atoms with Crippen molar-refractivity contribution in [2.75, 3.05) is 13.7 Å². The van der Waals surface area contributed by atoms with Gasteiger partial charge in [-0.3, -0.25) is 0 Å². The number of aliphatic hydroxyl groups is 1. The first kappa shape index (κ1) is 12.8. The first-order valence-corrected chi connectivity index (χ1v) is 5.28. The molecule has 90 valence electrons. The Labute approximate surface area is 95.7 Å². The summed E-state index contributed by atoms with van der Waals surface area (Å²) in [5, 5.41) is 18.9. The van der Waals surface area contributed by atoms with Crippen molar-refractivity contribution in [1.29, 1.82) is 0 Å². The molecule has 0 saturated heterocycles. The minimum atomic E-state index is -0.590. The summed E-state index contributed by atoms with van der Waals surface area (Å²) in [6.07, 6.45) is 0. The summed E-state index contributed by atoms with van der Waals surface area (Å²) < 4.78 is 5.08. The third kappa shape index (κ3) is 2.46. The fourth-order valence-electron chi connectivity index (χ4n) is 1.52. The molecule has 0 radical (unpaired) electrons. The molecule has 0 unspecified atom stereocenters. The molecule has 4 N–H and O–H groups in total. The van der Waals surface area contributed by atoms with Crippen LogP contribution in [0.3, 0.4) is 0 Å². The van der Waals surface area contributed by atoms with E-state index in [0.717, 1.165) is 5.56 Å². The molecule has 0 amide bonds. The standard InChI is InChI=1S/C12H19NO3/c1-7(2)8-4-9(10(13)6-14)12(15)11(5-8)16-3/h4-5,7,10,14-15H,6,13H2,1-3H3/t10-/m0/s1. The number of hydrogen-bond donors (Lipinski definition) is 3. The third-order valence-electron chi connectivity index (χ3n) is 2.61. The van der Waals surface area contributed by atoms with Crippen LogP contribution in [0, 0.1) is 0 Å². The van der Waals surface area contributed by atoms with Gasteiger partial charge in [0.15, 0.2) is 11.5 Å². The molecule has 0 aliphatic carbocycles. The lowest BCUT2D eigenvalue weighted by Crippen LogP contribution is -2.15. The van der Waals surface area contributed by atoms with Crippen LogP contribution in [0.5, 0.6) is 11.5 Å². The van der Waals surface area contributed by atoms with E-state index in [1.807, 2.05) is 19.9 Å². The number of aromatic hydroxyl groups is 1. The van der Waals surface area contributed by atoms with E-state index in [2.05, 4.69) is 0 Å². The number of ether oxygens (including phenoxy) is 1. The normalized spacial score (nSPS) is 12.9. The maximum atomic E-state index is 9.88. The van der Waals surface area contributed by atoms with Crippen LogP contribution in [0.25, 0.3) is 0 Å². The molecule has 0 aliphatic rings. The van der Waals surface area contributed by atoms with Gasteiger partial charge in [-0.2, -0.15) is 0 Å². The summed E-state index contributed by atoms with van der Waals surface area (Å²) in [5.74, 6) is 0.706. The Morgan fingerprint density at radius 1 is 1.38 bits per heavy atom. The van der Waals surface area contributed by atoms with Crippen molar-refractivity contribution in [3.63, 3.8) is 0 Å². The van der Waals surface area contributed by atoms with E-state index in [0.29, 0.717) is 17.2 Å². The summed E-state index contributed by atoms with van der Waals surface area (Å²) in [6.45, 7) is 3.87. The Bertz CT molecular complexity index is 364. The predicted molar refractivity (Wildman–Crippen MR) is 62.8 cm³/mol. The molecule has 0 aromatic heterocycles. The smallest absolute Gasteiger partial charge is 0.162 e. The Kier molecular flexibility index (Phi) is 4.15. The van der Waals surface area contributed by atoms with Crippen LogP contribution in [0.4, 0.5) is 0 Å². The van der Waals surface area contributed by atoms with Gasteiger partial charge in [-0.05, 0) is 23.6 Å². The molecule has 1 atom stereocenters. The zero-order valence-corrected chi connectivity index (χ0v) is 9.90. The Morgan fingerprint density at radius 2 is 2.00 bits per heavy atom. The molecule has 0 saturated carbocycles. The average Bonchev–Trinajstić information content (AvgIpc) is 2.28. The summed E-state index contributed by atoms with van der Waals surface area (Å²) >= 11 is 0. The molecule has 4 heteroatoms. The van der Waals surface area contributed by atoms with Crippen molar-refractivity contribution in [3.8, 4) is 11.5 Å². The third-order valence-corrected chi connectivity index (χ3v) is 2.61. The number of aliphatic hydroxyl groups excluding tert-OH is 1. The van der Waals surface area contributed by atoms with Gasteiger partial charge in [-0.1, -0.05) is 13.8 Å². The van der Waals surface area contributed by atoms with Gasteiger partial charge in [0.25, 0.3) is 0 Å². The molecule has 0 fully saturated rings. The van der Waals surface area contributed by atoms with Crippen LogP contribution in [0.1, 0.15) is 36.9 Å². The fourth-order valence-corrected chi connectivity index (χ4v) is 1.52. The average molecular weight is 225 g/mol.